The van der Waals surface area contributed by atoms with Gasteiger partial charge in [-0.25, -0.2) is 9.66 Å². The highest BCUT2D eigenvalue weighted by Gasteiger charge is 2.16. The Morgan fingerprint density at radius 2 is 1.85 bits per heavy atom. The third kappa shape index (κ3) is 4.00. The fourth-order valence-electron chi connectivity index (χ4n) is 3.67. The van der Waals surface area contributed by atoms with Crippen molar-refractivity contribution >= 4 is 39.1 Å². The number of para-hydroxylation sites is 2. The van der Waals surface area contributed by atoms with E-state index in [0.29, 0.717) is 23.2 Å². The van der Waals surface area contributed by atoms with Crippen LogP contribution in [-0.2, 0) is 6.42 Å². The van der Waals surface area contributed by atoms with Crippen LogP contribution in [0.4, 0.5) is 0 Å². The summed E-state index contributed by atoms with van der Waals surface area (Å²) >= 11 is 1.20. The minimum atomic E-state index is -0.111. The smallest absolute Gasteiger partial charge is 0.210 e. The van der Waals surface area contributed by atoms with Crippen molar-refractivity contribution in [1.29, 1.82) is 5.26 Å². The maximum atomic E-state index is 10.6. The molecule has 0 saturated carbocycles. The SMILES string of the molecule is N#CC(=C(O)CSc1nnc(Cc2cccc3ccccc23)n1N)c1nc2ccccc2[nH]1. The number of fused-ring (bicyclic) bond motifs is 2. The van der Waals surface area contributed by atoms with Gasteiger partial charge in [-0.3, -0.25) is 0 Å². The van der Waals surface area contributed by atoms with E-state index in [4.69, 9.17) is 5.84 Å². The molecule has 3 aromatic carbocycles. The van der Waals surface area contributed by atoms with Crippen LogP contribution in [0.1, 0.15) is 17.2 Å². The third-order valence-electron chi connectivity index (χ3n) is 5.33. The first kappa shape index (κ1) is 20.6. The number of nitrogen functional groups attached to an aromatic ring is 1. The van der Waals surface area contributed by atoms with E-state index >= 15 is 0 Å². The van der Waals surface area contributed by atoms with E-state index in [-0.39, 0.29) is 17.1 Å². The van der Waals surface area contributed by atoms with Gasteiger partial charge < -0.3 is 15.9 Å². The maximum absolute atomic E-state index is 10.6. The summed E-state index contributed by atoms with van der Waals surface area (Å²) in [6, 6.07) is 23.7. The lowest BCUT2D eigenvalue weighted by Gasteiger charge is -2.07. The Morgan fingerprint density at radius 1 is 1.06 bits per heavy atom. The lowest BCUT2D eigenvalue weighted by molar-refractivity contribution is 0.420. The van der Waals surface area contributed by atoms with Gasteiger partial charge in [-0.05, 0) is 28.5 Å². The number of aromatic amines is 1. The molecule has 8 nitrogen and oxygen atoms in total. The third-order valence-corrected chi connectivity index (χ3v) is 6.28. The summed E-state index contributed by atoms with van der Waals surface area (Å²) in [4.78, 5) is 7.45. The molecule has 4 N–H and O–H groups in total. The Kier molecular flexibility index (Phi) is 5.42. The van der Waals surface area contributed by atoms with E-state index in [9.17, 15) is 10.4 Å². The second-order valence-corrected chi connectivity index (χ2v) is 8.35. The van der Waals surface area contributed by atoms with Crippen LogP contribution in [0.25, 0.3) is 27.4 Å². The van der Waals surface area contributed by atoms with Crippen LogP contribution in [0.15, 0.2) is 77.6 Å². The van der Waals surface area contributed by atoms with Crippen LogP contribution >= 0.6 is 11.8 Å². The predicted molar refractivity (Wildman–Crippen MR) is 129 cm³/mol. The number of aliphatic hydroxyl groups is 1. The zero-order chi connectivity index (χ0) is 22.8. The minimum absolute atomic E-state index is 0.0813. The van der Waals surface area contributed by atoms with Gasteiger partial charge in [0.1, 0.15) is 17.4 Å². The summed E-state index contributed by atoms with van der Waals surface area (Å²) in [5.41, 5.74) is 2.70. The fraction of sp³-hybridized carbons (Fsp3) is 0.0833. The summed E-state index contributed by atoms with van der Waals surface area (Å²) in [6.45, 7) is 0. The molecular weight excluding hydrogens is 434 g/mol. The van der Waals surface area contributed by atoms with Gasteiger partial charge in [0, 0.05) is 6.42 Å². The summed E-state index contributed by atoms with van der Waals surface area (Å²) in [6.07, 6.45) is 0.523. The highest BCUT2D eigenvalue weighted by atomic mass is 32.2. The van der Waals surface area contributed by atoms with Crippen molar-refractivity contribution in [3.05, 3.63) is 89.7 Å². The molecule has 5 aromatic rings. The molecule has 2 aromatic heterocycles. The lowest BCUT2D eigenvalue weighted by Crippen LogP contribution is -2.14. The van der Waals surface area contributed by atoms with Crippen molar-refractivity contribution in [3.63, 3.8) is 0 Å². The number of aliphatic hydroxyl groups excluding tert-OH is 1. The molecule has 162 valence electrons. The van der Waals surface area contributed by atoms with Gasteiger partial charge in [0.2, 0.25) is 5.16 Å². The number of nitriles is 1. The van der Waals surface area contributed by atoms with E-state index in [0.717, 1.165) is 27.4 Å². The number of thioether (sulfide) groups is 1. The summed E-state index contributed by atoms with van der Waals surface area (Å²) in [5, 5.41) is 31.3. The molecule has 2 heterocycles. The first-order chi connectivity index (χ1) is 16.1. The van der Waals surface area contributed by atoms with E-state index in [1.165, 1.54) is 16.4 Å². The first-order valence-electron chi connectivity index (χ1n) is 10.2. The number of H-pyrrole nitrogens is 1. The summed E-state index contributed by atoms with van der Waals surface area (Å²) in [7, 11) is 0. The molecule has 0 aliphatic carbocycles. The molecule has 5 rings (SSSR count). The Morgan fingerprint density at radius 3 is 2.70 bits per heavy atom. The number of hydrogen-bond acceptors (Lipinski definition) is 7. The van der Waals surface area contributed by atoms with Gasteiger partial charge in [0.05, 0.1) is 16.8 Å². The second-order valence-electron chi connectivity index (χ2n) is 7.41. The van der Waals surface area contributed by atoms with Crippen molar-refractivity contribution < 1.29 is 5.11 Å². The van der Waals surface area contributed by atoms with Crippen LogP contribution in [0.5, 0.6) is 0 Å². The van der Waals surface area contributed by atoms with Crippen LogP contribution < -0.4 is 5.84 Å². The molecule has 0 fully saturated rings. The number of allylic oxidation sites excluding steroid dienone is 1. The average molecular weight is 454 g/mol. The number of nitrogens with zero attached hydrogens (tertiary/aromatic N) is 5. The molecule has 0 radical (unpaired) electrons. The Labute approximate surface area is 193 Å². The zero-order valence-electron chi connectivity index (χ0n) is 17.4. The van der Waals surface area contributed by atoms with Crippen molar-refractivity contribution in [2.24, 2.45) is 0 Å². The van der Waals surface area contributed by atoms with Crippen LogP contribution in [0.2, 0.25) is 0 Å². The van der Waals surface area contributed by atoms with Gasteiger partial charge in [0.15, 0.2) is 11.6 Å². The van der Waals surface area contributed by atoms with E-state index in [2.05, 4.69) is 38.4 Å². The number of rotatable bonds is 6. The molecular formula is C24H19N7OS. The van der Waals surface area contributed by atoms with Crippen LogP contribution in [0.3, 0.4) is 0 Å². The zero-order valence-corrected chi connectivity index (χ0v) is 18.3. The van der Waals surface area contributed by atoms with E-state index in [1.807, 2.05) is 54.6 Å². The van der Waals surface area contributed by atoms with Crippen molar-refractivity contribution in [2.45, 2.75) is 11.6 Å². The molecule has 0 aliphatic heterocycles. The van der Waals surface area contributed by atoms with Gasteiger partial charge in [-0.2, -0.15) is 5.26 Å². The van der Waals surface area contributed by atoms with E-state index < -0.39 is 0 Å². The first-order valence-corrected chi connectivity index (χ1v) is 11.2. The van der Waals surface area contributed by atoms with Gasteiger partial charge in [-0.15, -0.1) is 10.2 Å². The monoisotopic (exact) mass is 453 g/mol. The second kappa shape index (κ2) is 8.68. The molecule has 9 heteroatoms. The Balaban J connectivity index is 1.35. The number of benzene rings is 3. The molecule has 0 spiro atoms. The molecule has 0 bridgehead atoms. The van der Waals surface area contributed by atoms with Crippen molar-refractivity contribution in [3.8, 4) is 6.07 Å². The fourth-order valence-corrected chi connectivity index (χ4v) is 4.43. The number of nitrogens with two attached hydrogens (primary N) is 1. The van der Waals surface area contributed by atoms with Crippen LogP contribution in [0, 0.1) is 11.3 Å². The Bertz CT molecular complexity index is 1510. The highest BCUT2D eigenvalue weighted by molar-refractivity contribution is 7.99. The van der Waals surface area contributed by atoms with Crippen molar-refractivity contribution in [1.82, 2.24) is 24.8 Å². The van der Waals surface area contributed by atoms with Gasteiger partial charge >= 0.3 is 0 Å². The molecule has 0 saturated heterocycles. The number of hydrogen-bond donors (Lipinski definition) is 3. The largest absolute Gasteiger partial charge is 0.510 e. The minimum Gasteiger partial charge on any atom is -0.510 e. The summed E-state index contributed by atoms with van der Waals surface area (Å²) in [5.74, 6) is 7.16. The normalized spacial score (nSPS) is 12.1. The highest BCUT2D eigenvalue weighted by Crippen LogP contribution is 2.25. The van der Waals surface area contributed by atoms with Gasteiger partial charge in [0.25, 0.3) is 0 Å². The quantitative estimate of drug-likeness (QED) is 0.152. The Hall–Kier alpha value is -4.29. The number of imidazole rings is 1. The molecule has 0 amide bonds. The predicted octanol–water partition coefficient (Wildman–Crippen LogP) is 4.20. The summed E-state index contributed by atoms with van der Waals surface area (Å²) < 4.78 is 1.42. The lowest BCUT2D eigenvalue weighted by atomic mass is 10.0. The van der Waals surface area contributed by atoms with Crippen molar-refractivity contribution in [2.75, 3.05) is 11.6 Å². The number of nitrogens with one attached hydrogen (secondary N) is 1. The average Bonchev–Trinajstić information content (AvgIpc) is 3.42. The molecule has 33 heavy (non-hydrogen) atoms. The number of aromatic nitrogens is 5. The van der Waals surface area contributed by atoms with E-state index in [1.54, 1.807) is 0 Å². The topological polar surface area (TPSA) is 129 Å². The molecule has 0 atom stereocenters. The van der Waals surface area contributed by atoms with Crippen LogP contribution in [-0.4, -0.2) is 35.7 Å². The maximum Gasteiger partial charge on any atom is 0.210 e. The van der Waals surface area contributed by atoms with Gasteiger partial charge in [-0.1, -0.05) is 66.4 Å². The molecule has 0 aliphatic rings. The standard InChI is InChI=1S/C24H19N7OS/c25-13-18(23-27-19-10-3-4-11-20(19)28-23)21(32)14-33-24-30-29-22(31(24)26)12-16-8-5-7-15-6-1-2-9-17(15)16/h1-11,32H,12,14,26H2,(H,27,28). The molecule has 0 unspecified atom stereocenters.